The molecule has 28 heavy (non-hydrogen) atoms. The maximum Gasteiger partial charge on any atom is 0.227 e. The van der Waals surface area contributed by atoms with Gasteiger partial charge in [0, 0.05) is 50.0 Å². The minimum Gasteiger partial charge on any atom is -0.378 e. The minimum atomic E-state index is 0.305. The Morgan fingerprint density at radius 2 is 1.93 bits per heavy atom. The molecule has 0 amide bonds. The highest BCUT2D eigenvalue weighted by Crippen LogP contribution is 2.26. The first kappa shape index (κ1) is 17.1. The van der Waals surface area contributed by atoms with Gasteiger partial charge in [-0.2, -0.15) is 4.98 Å². The Hall–Kier alpha value is -3.07. The van der Waals surface area contributed by atoms with Crippen molar-refractivity contribution in [3.05, 3.63) is 37.1 Å². The van der Waals surface area contributed by atoms with Gasteiger partial charge in [0.1, 0.15) is 18.0 Å². The lowest BCUT2D eigenvalue weighted by Crippen LogP contribution is -2.37. The zero-order chi connectivity index (χ0) is 18.8. The number of pyridine rings is 1. The third-order valence-electron chi connectivity index (χ3n) is 5.19. The molecule has 2 aliphatic rings. The van der Waals surface area contributed by atoms with Crippen LogP contribution in [0.1, 0.15) is 6.42 Å². The summed E-state index contributed by atoms with van der Waals surface area (Å²) in [5.41, 5.74) is 0.870. The van der Waals surface area contributed by atoms with E-state index < -0.39 is 0 Å². The first-order valence-corrected chi connectivity index (χ1v) is 9.59. The van der Waals surface area contributed by atoms with Crippen LogP contribution in [0.15, 0.2) is 37.1 Å². The van der Waals surface area contributed by atoms with Gasteiger partial charge in [0.15, 0.2) is 0 Å². The molecular weight excluding hydrogens is 356 g/mol. The Labute approximate surface area is 162 Å². The highest BCUT2D eigenvalue weighted by Gasteiger charge is 2.25. The molecule has 0 bridgehead atoms. The third-order valence-corrected chi connectivity index (χ3v) is 5.19. The lowest BCUT2D eigenvalue weighted by atomic mass is 10.2. The molecule has 5 heterocycles. The smallest absolute Gasteiger partial charge is 0.227 e. The molecule has 9 nitrogen and oxygen atoms in total. The van der Waals surface area contributed by atoms with Gasteiger partial charge in [0.05, 0.1) is 24.9 Å². The lowest BCUT2D eigenvalue weighted by Gasteiger charge is -2.27. The van der Waals surface area contributed by atoms with Crippen molar-refractivity contribution in [3.63, 3.8) is 0 Å². The van der Waals surface area contributed by atoms with E-state index in [-0.39, 0.29) is 0 Å². The van der Waals surface area contributed by atoms with Crippen molar-refractivity contribution in [2.24, 2.45) is 0 Å². The lowest BCUT2D eigenvalue weighted by molar-refractivity contribution is 0.122. The molecule has 2 aliphatic heterocycles. The number of fused-ring (bicyclic) bond motifs is 1. The van der Waals surface area contributed by atoms with Gasteiger partial charge in [-0.05, 0) is 18.6 Å². The van der Waals surface area contributed by atoms with E-state index in [0.717, 1.165) is 74.3 Å². The largest absolute Gasteiger partial charge is 0.378 e. The SMILES string of the molecule is c1cc2c(N3CCC(Nc4ccnc(N5CCOCC5)n4)C3)ncnc2cn1. The molecule has 1 atom stereocenters. The number of nitrogens with zero attached hydrogens (tertiary/aromatic N) is 7. The van der Waals surface area contributed by atoms with Crippen molar-refractivity contribution in [2.75, 3.05) is 54.5 Å². The van der Waals surface area contributed by atoms with E-state index in [9.17, 15) is 0 Å². The maximum absolute atomic E-state index is 5.41. The Morgan fingerprint density at radius 3 is 2.86 bits per heavy atom. The standard InChI is InChI=1S/C19H22N8O/c1-4-20-11-16-15(1)18(23-13-22-16)27-6-3-14(12-27)24-17-2-5-21-19(25-17)26-7-9-28-10-8-26/h1-2,4-5,11,13-14H,3,6-10,12H2,(H,21,24,25). The molecule has 5 rings (SSSR count). The van der Waals surface area contributed by atoms with Crippen molar-refractivity contribution >= 4 is 28.5 Å². The molecule has 144 valence electrons. The summed E-state index contributed by atoms with van der Waals surface area (Å²) >= 11 is 0. The van der Waals surface area contributed by atoms with Crippen LogP contribution < -0.4 is 15.1 Å². The van der Waals surface area contributed by atoms with Gasteiger partial charge in [-0.15, -0.1) is 0 Å². The van der Waals surface area contributed by atoms with Gasteiger partial charge >= 0.3 is 0 Å². The van der Waals surface area contributed by atoms with Crippen LogP contribution in [0.3, 0.4) is 0 Å². The third kappa shape index (κ3) is 3.40. The van der Waals surface area contributed by atoms with Crippen LogP contribution >= 0.6 is 0 Å². The summed E-state index contributed by atoms with van der Waals surface area (Å²) in [5, 5.41) is 4.60. The van der Waals surface area contributed by atoms with Crippen molar-refractivity contribution in [1.29, 1.82) is 0 Å². The molecule has 2 fully saturated rings. The van der Waals surface area contributed by atoms with E-state index in [1.54, 1.807) is 18.7 Å². The van der Waals surface area contributed by atoms with Crippen molar-refractivity contribution < 1.29 is 4.74 Å². The molecule has 1 unspecified atom stereocenters. The highest BCUT2D eigenvalue weighted by atomic mass is 16.5. The first-order chi connectivity index (χ1) is 13.9. The van der Waals surface area contributed by atoms with Gasteiger partial charge in [0.25, 0.3) is 0 Å². The minimum absolute atomic E-state index is 0.305. The molecule has 0 saturated carbocycles. The van der Waals surface area contributed by atoms with Crippen LogP contribution in [-0.4, -0.2) is 70.4 Å². The summed E-state index contributed by atoms with van der Waals surface area (Å²) in [6, 6.07) is 4.21. The van der Waals surface area contributed by atoms with E-state index in [4.69, 9.17) is 9.72 Å². The van der Waals surface area contributed by atoms with Crippen LogP contribution in [0.25, 0.3) is 10.9 Å². The second-order valence-corrected chi connectivity index (χ2v) is 7.01. The molecule has 2 saturated heterocycles. The first-order valence-electron chi connectivity index (χ1n) is 9.59. The van der Waals surface area contributed by atoms with Crippen LogP contribution in [0.5, 0.6) is 0 Å². The monoisotopic (exact) mass is 378 g/mol. The van der Waals surface area contributed by atoms with Gasteiger partial charge in [0.2, 0.25) is 5.95 Å². The Bertz CT molecular complexity index is 956. The van der Waals surface area contributed by atoms with Crippen LogP contribution in [0.4, 0.5) is 17.6 Å². The fourth-order valence-electron chi connectivity index (χ4n) is 3.77. The quantitative estimate of drug-likeness (QED) is 0.722. The zero-order valence-electron chi connectivity index (χ0n) is 15.5. The van der Waals surface area contributed by atoms with Crippen molar-refractivity contribution in [1.82, 2.24) is 24.9 Å². The second-order valence-electron chi connectivity index (χ2n) is 7.01. The summed E-state index contributed by atoms with van der Waals surface area (Å²) in [6.07, 6.45) is 8.01. The van der Waals surface area contributed by atoms with E-state index in [1.165, 1.54) is 0 Å². The van der Waals surface area contributed by atoms with E-state index >= 15 is 0 Å². The fraction of sp³-hybridized carbons (Fsp3) is 0.421. The second kappa shape index (κ2) is 7.51. The van der Waals surface area contributed by atoms with Crippen LogP contribution in [-0.2, 0) is 4.74 Å². The Balaban J connectivity index is 1.29. The summed E-state index contributed by atoms with van der Waals surface area (Å²) in [4.78, 5) is 26.6. The van der Waals surface area contributed by atoms with Gasteiger partial charge < -0.3 is 19.9 Å². The normalized spacial score (nSPS) is 19.9. The molecule has 0 aliphatic carbocycles. The van der Waals surface area contributed by atoms with E-state index in [1.807, 2.05) is 18.3 Å². The van der Waals surface area contributed by atoms with E-state index in [0.29, 0.717) is 6.04 Å². The molecule has 3 aromatic heterocycles. The van der Waals surface area contributed by atoms with Crippen molar-refractivity contribution in [2.45, 2.75) is 12.5 Å². The number of nitrogens with one attached hydrogen (secondary N) is 1. The van der Waals surface area contributed by atoms with E-state index in [2.05, 4.69) is 35.1 Å². The topological polar surface area (TPSA) is 92.2 Å². The number of anilines is 3. The maximum atomic E-state index is 5.41. The summed E-state index contributed by atoms with van der Waals surface area (Å²) in [7, 11) is 0. The number of hydrogen-bond acceptors (Lipinski definition) is 9. The Morgan fingerprint density at radius 1 is 1.00 bits per heavy atom. The molecule has 0 aromatic carbocycles. The number of aromatic nitrogens is 5. The highest BCUT2D eigenvalue weighted by molar-refractivity contribution is 5.88. The molecule has 3 aromatic rings. The average Bonchev–Trinajstić information content (AvgIpc) is 3.22. The molecular formula is C19H22N8O. The number of ether oxygens (including phenoxy) is 1. The van der Waals surface area contributed by atoms with Gasteiger partial charge in [-0.1, -0.05) is 0 Å². The van der Waals surface area contributed by atoms with Gasteiger partial charge in [-0.25, -0.2) is 15.0 Å². The summed E-state index contributed by atoms with van der Waals surface area (Å²) < 4.78 is 5.41. The molecule has 1 N–H and O–H groups in total. The average molecular weight is 378 g/mol. The molecule has 9 heteroatoms. The predicted molar refractivity (Wildman–Crippen MR) is 107 cm³/mol. The number of morpholine rings is 1. The zero-order valence-corrected chi connectivity index (χ0v) is 15.5. The van der Waals surface area contributed by atoms with Crippen LogP contribution in [0, 0.1) is 0 Å². The van der Waals surface area contributed by atoms with Crippen LogP contribution in [0.2, 0.25) is 0 Å². The Kier molecular flexibility index (Phi) is 4.58. The molecule has 0 radical (unpaired) electrons. The number of hydrogen-bond donors (Lipinski definition) is 1. The van der Waals surface area contributed by atoms with Gasteiger partial charge in [-0.3, -0.25) is 4.98 Å². The van der Waals surface area contributed by atoms with Crippen molar-refractivity contribution in [3.8, 4) is 0 Å². The number of rotatable bonds is 4. The summed E-state index contributed by atoms with van der Waals surface area (Å²) in [6.45, 7) is 4.91. The fourth-order valence-corrected chi connectivity index (χ4v) is 3.77. The summed E-state index contributed by atoms with van der Waals surface area (Å²) in [5.74, 6) is 2.59. The molecule has 0 spiro atoms. The predicted octanol–water partition coefficient (Wildman–Crippen LogP) is 1.34.